The minimum absolute atomic E-state index is 0.296. The fourth-order valence-corrected chi connectivity index (χ4v) is 4.92. The lowest BCUT2D eigenvalue weighted by Crippen LogP contribution is -2.22. The van der Waals surface area contributed by atoms with E-state index in [9.17, 15) is 8.42 Å². The highest BCUT2D eigenvalue weighted by molar-refractivity contribution is 8.00. The van der Waals surface area contributed by atoms with Crippen LogP contribution in [0, 0.1) is 6.92 Å². The van der Waals surface area contributed by atoms with Gasteiger partial charge in [0.2, 0.25) is 15.2 Å². The summed E-state index contributed by atoms with van der Waals surface area (Å²) in [7, 11) is -0.371. The Balaban J connectivity index is 1.64. The first-order valence-electron chi connectivity index (χ1n) is 8.16. The van der Waals surface area contributed by atoms with Crippen LogP contribution in [0.1, 0.15) is 11.1 Å². The van der Waals surface area contributed by atoms with Crippen LogP contribution < -0.4 is 5.32 Å². The van der Waals surface area contributed by atoms with Crippen molar-refractivity contribution in [3.05, 3.63) is 59.7 Å². The number of thioether (sulfide) groups is 1. The lowest BCUT2D eigenvalue weighted by atomic mass is 10.2. The number of hydrogen-bond acceptors (Lipinski definition) is 7. The van der Waals surface area contributed by atoms with Crippen molar-refractivity contribution in [2.75, 3.05) is 19.4 Å². The molecule has 3 rings (SSSR count). The number of hydrogen-bond donors (Lipinski definition) is 1. The van der Waals surface area contributed by atoms with Gasteiger partial charge in [-0.2, -0.15) is 0 Å². The fraction of sp³-hybridized carbons (Fsp3) is 0.222. The van der Waals surface area contributed by atoms with Crippen LogP contribution in [0.15, 0.2) is 57.8 Å². The number of sulfonamides is 1. The highest BCUT2D eigenvalue weighted by Gasteiger charge is 2.17. The van der Waals surface area contributed by atoms with Crippen molar-refractivity contribution in [3.8, 4) is 0 Å². The predicted molar refractivity (Wildman–Crippen MR) is 111 cm³/mol. The third-order valence-corrected chi connectivity index (χ3v) is 7.60. The lowest BCUT2D eigenvalue weighted by Gasteiger charge is -2.12. The standard InChI is InChI=1S/C18H20N4O2S3/c1-13-7-9-15(10-8-13)19-17-20-21-18(26-17)25-12-14-5-4-6-16(11-14)27(23,24)22(2)3/h4-11H,12H2,1-3H3,(H,19,20). The first kappa shape index (κ1) is 19.8. The van der Waals surface area contributed by atoms with Crippen LogP contribution >= 0.6 is 23.1 Å². The molecule has 0 fully saturated rings. The molecular weight excluding hydrogens is 400 g/mol. The van der Waals surface area contributed by atoms with Gasteiger partial charge in [-0.05, 0) is 36.8 Å². The summed E-state index contributed by atoms with van der Waals surface area (Å²) in [5.74, 6) is 0.621. The largest absolute Gasteiger partial charge is 0.330 e. The summed E-state index contributed by atoms with van der Waals surface area (Å²) in [6, 6.07) is 15.1. The molecule has 1 N–H and O–H groups in total. The molecule has 0 aliphatic rings. The maximum absolute atomic E-state index is 12.2. The molecule has 0 amide bonds. The van der Waals surface area contributed by atoms with Crippen LogP contribution in [0.4, 0.5) is 10.8 Å². The zero-order valence-corrected chi connectivity index (χ0v) is 17.7. The van der Waals surface area contributed by atoms with Gasteiger partial charge in [0.05, 0.1) is 4.90 Å². The van der Waals surface area contributed by atoms with Crippen LogP contribution in [0.25, 0.3) is 0 Å². The molecule has 0 atom stereocenters. The zero-order valence-electron chi connectivity index (χ0n) is 15.2. The highest BCUT2D eigenvalue weighted by atomic mass is 32.2. The van der Waals surface area contributed by atoms with Gasteiger partial charge in [-0.25, -0.2) is 12.7 Å². The Morgan fingerprint density at radius 3 is 2.56 bits per heavy atom. The predicted octanol–water partition coefficient (Wildman–Crippen LogP) is 4.13. The van der Waals surface area contributed by atoms with E-state index in [0.29, 0.717) is 10.6 Å². The van der Waals surface area contributed by atoms with E-state index in [1.54, 1.807) is 18.2 Å². The van der Waals surface area contributed by atoms with Crippen LogP contribution in [0.5, 0.6) is 0 Å². The van der Waals surface area contributed by atoms with Gasteiger partial charge in [0.25, 0.3) is 0 Å². The van der Waals surface area contributed by atoms with Gasteiger partial charge in [-0.15, -0.1) is 10.2 Å². The van der Waals surface area contributed by atoms with E-state index in [-0.39, 0.29) is 0 Å². The van der Waals surface area contributed by atoms with Crippen molar-refractivity contribution in [1.29, 1.82) is 0 Å². The van der Waals surface area contributed by atoms with Gasteiger partial charge in [0.15, 0.2) is 4.34 Å². The Bertz CT molecular complexity index is 1020. The van der Waals surface area contributed by atoms with Gasteiger partial charge >= 0.3 is 0 Å². The number of benzene rings is 2. The summed E-state index contributed by atoms with van der Waals surface area (Å²) >= 11 is 3.00. The van der Waals surface area contributed by atoms with Gasteiger partial charge in [0, 0.05) is 25.5 Å². The van der Waals surface area contributed by atoms with Crippen LogP contribution in [-0.2, 0) is 15.8 Å². The normalized spacial score (nSPS) is 11.7. The van der Waals surface area contributed by atoms with E-state index in [4.69, 9.17) is 0 Å². The Labute approximate surface area is 167 Å². The number of nitrogens with one attached hydrogen (secondary N) is 1. The molecular formula is C18H20N4O2S3. The molecule has 9 heteroatoms. The number of rotatable bonds is 7. The van der Waals surface area contributed by atoms with Crippen molar-refractivity contribution in [2.45, 2.75) is 21.9 Å². The molecule has 0 spiro atoms. The molecule has 0 aliphatic carbocycles. The first-order chi connectivity index (χ1) is 12.8. The number of aryl methyl sites for hydroxylation is 1. The molecule has 27 heavy (non-hydrogen) atoms. The lowest BCUT2D eigenvalue weighted by molar-refractivity contribution is 0.520. The first-order valence-corrected chi connectivity index (χ1v) is 11.4. The van der Waals surface area contributed by atoms with E-state index in [1.165, 1.54) is 47.1 Å². The average molecular weight is 421 g/mol. The molecule has 0 radical (unpaired) electrons. The van der Waals surface area contributed by atoms with Crippen molar-refractivity contribution >= 4 is 43.9 Å². The number of nitrogens with zero attached hydrogens (tertiary/aromatic N) is 3. The average Bonchev–Trinajstić information content (AvgIpc) is 3.09. The molecule has 1 aromatic heterocycles. The zero-order chi connectivity index (χ0) is 19.4. The van der Waals surface area contributed by atoms with Gasteiger partial charge < -0.3 is 5.32 Å². The molecule has 0 saturated heterocycles. The second-order valence-electron chi connectivity index (χ2n) is 6.09. The minimum atomic E-state index is -3.43. The molecule has 142 valence electrons. The monoisotopic (exact) mass is 420 g/mol. The van der Waals surface area contributed by atoms with E-state index in [1.807, 2.05) is 37.3 Å². The Kier molecular flexibility index (Phi) is 6.15. The van der Waals surface area contributed by atoms with Gasteiger partial charge in [-0.1, -0.05) is 52.9 Å². The quantitative estimate of drug-likeness (QED) is 0.579. The summed E-state index contributed by atoms with van der Waals surface area (Å²) in [6.07, 6.45) is 0. The fourth-order valence-electron chi connectivity index (χ4n) is 2.23. The second kappa shape index (κ2) is 8.39. The molecule has 0 bridgehead atoms. The van der Waals surface area contributed by atoms with E-state index >= 15 is 0 Å². The molecule has 0 saturated carbocycles. The third-order valence-electron chi connectivity index (χ3n) is 3.75. The number of aromatic nitrogens is 2. The second-order valence-corrected chi connectivity index (χ2v) is 10.4. The van der Waals surface area contributed by atoms with E-state index in [0.717, 1.165) is 20.7 Å². The molecule has 1 heterocycles. The Morgan fingerprint density at radius 1 is 1.11 bits per heavy atom. The summed E-state index contributed by atoms with van der Waals surface area (Å²) in [5.41, 5.74) is 3.09. The molecule has 6 nitrogen and oxygen atoms in total. The minimum Gasteiger partial charge on any atom is -0.330 e. The Hall–Kier alpha value is -1.94. The molecule has 0 unspecified atom stereocenters. The van der Waals surface area contributed by atoms with Crippen molar-refractivity contribution < 1.29 is 8.42 Å². The molecule has 3 aromatic rings. The summed E-state index contributed by atoms with van der Waals surface area (Å²) in [6.45, 7) is 2.04. The van der Waals surface area contributed by atoms with Crippen LogP contribution in [0.3, 0.4) is 0 Å². The van der Waals surface area contributed by atoms with Crippen molar-refractivity contribution in [2.24, 2.45) is 0 Å². The van der Waals surface area contributed by atoms with E-state index < -0.39 is 10.0 Å². The smallest absolute Gasteiger partial charge is 0.242 e. The van der Waals surface area contributed by atoms with E-state index in [2.05, 4.69) is 15.5 Å². The highest BCUT2D eigenvalue weighted by Crippen LogP contribution is 2.30. The van der Waals surface area contributed by atoms with Crippen LogP contribution in [-0.4, -0.2) is 37.0 Å². The van der Waals surface area contributed by atoms with Gasteiger partial charge in [0.1, 0.15) is 0 Å². The summed E-state index contributed by atoms with van der Waals surface area (Å²) in [5, 5.41) is 12.3. The summed E-state index contributed by atoms with van der Waals surface area (Å²) < 4.78 is 26.5. The van der Waals surface area contributed by atoms with Crippen LogP contribution in [0.2, 0.25) is 0 Å². The maximum Gasteiger partial charge on any atom is 0.242 e. The maximum atomic E-state index is 12.2. The Morgan fingerprint density at radius 2 is 1.85 bits per heavy atom. The topological polar surface area (TPSA) is 75.2 Å². The SMILES string of the molecule is Cc1ccc(Nc2nnc(SCc3cccc(S(=O)(=O)N(C)C)c3)s2)cc1. The molecule has 0 aliphatic heterocycles. The van der Waals surface area contributed by atoms with Crippen molar-refractivity contribution in [3.63, 3.8) is 0 Å². The van der Waals surface area contributed by atoms with Gasteiger partial charge in [-0.3, -0.25) is 0 Å². The third kappa shape index (κ3) is 5.07. The number of anilines is 2. The van der Waals surface area contributed by atoms with Crippen molar-refractivity contribution in [1.82, 2.24) is 14.5 Å². The molecule has 2 aromatic carbocycles. The summed E-state index contributed by atoms with van der Waals surface area (Å²) in [4.78, 5) is 0.296.